The number of H-pyrrole nitrogens is 1. The second kappa shape index (κ2) is 5.65. The zero-order valence-corrected chi connectivity index (χ0v) is 11.9. The molecule has 1 saturated heterocycles. The van der Waals surface area contributed by atoms with Crippen molar-refractivity contribution in [2.24, 2.45) is 0 Å². The van der Waals surface area contributed by atoms with Gasteiger partial charge in [0.25, 0.3) is 5.91 Å². The van der Waals surface area contributed by atoms with Crippen molar-refractivity contribution in [3.63, 3.8) is 0 Å². The van der Waals surface area contributed by atoms with E-state index >= 15 is 0 Å². The first-order valence-corrected chi connectivity index (χ1v) is 7.02. The number of hydrogen-bond acceptors (Lipinski definition) is 4. The molecule has 1 amide bonds. The van der Waals surface area contributed by atoms with E-state index in [4.69, 9.17) is 4.74 Å². The lowest BCUT2D eigenvalue weighted by Gasteiger charge is -2.36. The van der Waals surface area contributed by atoms with Crippen molar-refractivity contribution in [2.75, 3.05) is 13.2 Å². The normalized spacial score (nSPS) is 17.4. The van der Waals surface area contributed by atoms with E-state index in [1.165, 1.54) is 0 Å². The molecule has 0 unspecified atom stereocenters. The summed E-state index contributed by atoms with van der Waals surface area (Å²) in [6.07, 6.45) is 8.27. The monoisotopic (exact) mass is 286 g/mol. The second-order valence-electron chi connectivity index (χ2n) is 5.27. The predicted octanol–water partition coefficient (Wildman–Crippen LogP) is 1.55. The molecule has 0 aliphatic carbocycles. The highest BCUT2D eigenvalue weighted by Crippen LogP contribution is 2.30. The Labute approximate surface area is 123 Å². The molecule has 0 spiro atoms. The van der Waals surface area contributed by atoms with Crippen molar-refractivity contribution in [1.29, 1.82) is 0 Å². The van der Waals surface area contributed by atoms with Gasteiger partial charge in [0.05, 0.1) is 5.56 Å². The van der Waals surface area contributed by atoms with Crippen molar-refractivity contribution in [1.82, 2.24) is 20.3 Å². The molecule has 2 aromatic rings. The molecule has 0 aromatic carbocycles. The molecule has 0 bridgehead atoms. The van der Waals surface area contributed by atoms with Gasteiger partial charge >= 0.3 is 0 Å². The molecule has 0 saturated carbocycles. The van der Waals surface area contributed by atoms with E-state index in [1.807, 2.05) is 13.1 Å². The lowest BCUT2D eigenvalue weighted by molar-refractivity contribution is 0.0313. The Morgan fingerprint density at radius 1 is 1.29 bits per heavy atom. The molecule has 110 valence electrons. The minimum absolute atomic E-state index is 0.108. The molecule has 3 rings (SSSR count). The highest BCUT2D eigenvalue weighted by molar-refractivity contribution is 5.96. The summed E-state index contributed by atoms with van der Waals surface area (Å²) in [6, 6.07) is 1.77. The van der Waals surface area contributed by atoms with E-state index < -0.39 is 5.54 Å². The molecule has 0 atom stereocenters. The summed E-state index contributed by atoms with van der Waals surface area (Å²) < 4.78 is 5.43. The maximum atomic E-state index is 12.5. The fraction of sp³-hybridized carbons (Fsp3) is 0.400. The van der Waals surface area contributed by atoms with Crippen LogP contribution in [0, 0.1) is 6.92 Å². The van der Waals surface area contributed by atoms with Gasteiger partial charge in [0.15, 0.2) is 5.82 Å². The average molecular weight is 286 g/mol. The Morgan fingerprint density at radius 3 is 2.62 bits per heavy atom. The van der Waals surface area contributed by atoms with Gasteiger partial charge in [0.1, 0.15) is 5.54 Å². The van der Waals surface area contributed by atoms with Gasteiger partial charge in [-0.25, -0.2) is 9.97 Å². The molecular formula is C15H18N4O2. The zero-order valence-electron chi connectivity index (χ0n) is 11.9. The summed E-state index contributed by atoms with van der Waals surface area (Å²) in [6.45, 7) is 3.08. The number of amides is 1. The number of rotatable bonds is 3. The molecule has 2 N–H and O–H groups in total. The molecule has 0 radical (unpaired) electrons. The summed E-state index contributed by atoms with van der Waals surface area (Å²) in [5, 5.41) is 3.13. The van der Waals surface area contributed by atoms with Gasteiger partial charge in [-0.1, -0.05) is 0 Å². The topological polar surface area (TPSA) is 79.9 Å². The number of carbonyl (C=O) groups excluding carboxylic acids is 1. The highest BCUT2D eigenvalue weighted by Gasteiger charge is 2.39. The van der Waals surface area contributed by atoms with Crippen molar-refractivity contribution in [3.05, 3.63) is 47.8 Å². The van der Waals surface area contributed by atoms with Gasteiger partial charge in [-0.15, -0.1) is 0 Å². The standard InChI is InChI=1S/C15H18N4O2/c1-11-9-16-10-12(11)13(20)19-15(3-7-21-8-4-15)14-17-5-2-6-18-14/h2,5-6,9-10,16H,3-4,7-8H2,1H3,(H,19,20). The van der Waals surface area contributed by atoms with Crippen LogP contribution in [0.5, 0.6) is 0 Å². The van der Waals surface area contributed by atoms with Crippen LogP contribution in [0.4, 0.5) is 0 Å². The summed E-state index contributed by atoms with van der Waals surface area (Å²) in [4.78, 5) is 24.2. The van der Waals surface area contributed by atoms with E-state index in [2.05, 4.69) is 20.3 Å². The maximum Gasteiger partial charge on any atom is 0.253 e. The third-order valence-electron chi connectivity index (χ3n) is 3.89. The summed E-state index contributed by atoms with van der Waals surface area (Å²) in [7, 11) is 0. The molecule has 6 nitrogen and oxygen atoms in total. The van der Waals surface area contributed by atoms with Gasteiger partial charge in [-0.2, -0.15) is 0 Å². The van der Waals surface area contributed by atoms with Gasteiger partial charge in [0.2, 0.25) is 0 Å². The fourth-order valence-corrected chi connectivity index (χ4v) is 2.64. The number of carbonyl (C=O) groups is 1. The van der Waals surface area contributed by atoms with E-state index in [0.29, 0.717) is 37.4 Å². The van der Waals surface area contributed by atoms with Crippen LogP contribution in [0.15, 0.2) is 30.9 Å². The van der Waals surface area contributed by atoms with E-state index in [9.17, 15) is 4.79 Å². The number of aryl methyl sites for hydroxylation is 1. The SMILES string of the molecule is Cc1c[nH]cc1C(=O)NC1(c2ncccn2)CCOCC1. The van der Waals surface area contributed by atoms with Gasteiger partial charge < -0.3 is 15.0 Å². The Hall–Kier alpha value is -2.21. The molecule has 1 aliphatic rings. The third kappa shape index (κ3) is 2.67. The largest absolute Gasteiger partial charge is 0.381 e. The molecule has 6 heteroatoms. The number of ether oxygens (including phenoxy) is 1. The minimum atomic E-state index is -0.555. The number of hydrogen-bond donors (Lipinski definition) is 2. The van der Waals surface area contributed by atoms with Crippen LogP contribution in [-0.4, -0.2) is 34.1 Å². The van der Waals surface area contributed by atoms with Crippen LogP contribution in [0.3, 0.4) is 0 Å². The van der Waals surface area contributed by atoms with Crippen LogP contribution in [0.1, 0.15) is 34.6 Å². The first kappa shape index (κ1) is 13.8. The predicted molar refractivity (Wildman–Crippen MR) is 76.8 cm³/mol. The van der Waals surface area contributed by atoms with Crippen LogP contribution in [0.2, 0.25) is 0 Å². The fourth-order valence-electron chi connectivity index (χ4n) is 2.64. The number of nitrogens with zero attached hydrogens (tertiary/aromatic N) is 2. The first-order valence-electron chi connectivity index (χ1n) is 7.02. The molecule has 1 fully saturated rings. The Kier molecular flexibility index (Phi) is 3.70. The zero-order chi connectivity index (χ0) is 14.7. The lowest BCUT2D eigenvalue weighted by atomic mass is 9.88. The molecule has 2 aromatic heterocycles. The van der Waals surface area contributed by atoms with Crippen molar-refractivity contribution in [2.45, 2.75) is 25.3 Å². The molecule has 1 aliphatic heterocycles. The quantitative estimate of drug-likeness (QED) is 0.897. The van der Waals surface area contributed by atoms with Gasteiger partial charge in [0, 0.05) is 50.8 Å². The molecule has 21 heavy (non-hydrogen) atoms. The Bertz CT molecular complexity index is 618. The number of nitrogens with one attached hydrogen (secondary N) is 2. The summed E-state index contributed by atoms with van der Waals surface area (Å²) >= 11 is 0. The van der Waals surface area contributed by atoms with Crippen molar-refractivity contribution >= 4 is 5.91 Å². The van der Waals surface area contributed by atoms with E-state index in [-0.39, 0.29) is 5.91 Å². The Morgan fingerprint density at radius 2 is 2.00 bits per heavy atom. The van der Waals surface area contributed by atoms with Crippen LogP contribution in [0.25, 0.3) is 0 Å². The second-order valence-corrected chi connectivity index (χ2v) is 5.27. The van der Waals surface area contributed by atoms with Crippen molar-refractivity contribution in [3.8, 4) is 0 Å². The number of aromatic nitrogens is 3. The van der Waals surface area contributed by atoms with Gasteiger partial charge in [-0.3, -0.25) is 4.79 Å². The maximum absolute atomic E-state index is 12.5. The van der Waals surface area contributed by atoms with Crippen molar-refractivity contribution < 1.29 is 9.53 Å². The minimum Gasteiger partial charge on any atom is -0.381 e. The first-order chi connectivity index (χ1) is 10.2. The summed E-state index contributed by atoms with van der Waals surface area (Å²) in [5.41, 5.74) is 1.01. The number of aromatic amines is 1. The molecular weight excluding hydrogens is 268 g/mol. The van der Waals surface area contributed by atoms with Crippen LogP contribution >= 0.6 is 0 Å². The lowest BCUT2D eigenvalue weighted by Crippen LogP contribution is -2.50. The van der Waals surface area contributed by atoms with E-state index in [1.54, 1.807) is 24.7 Å². The third-order valence-corrected chi connectivity index (χ3v) is 3.89. The highest BCUT2D eigenvalue weighted by atomic mass is 16.5. The van der Waals surface area contributed by atoms with E-state index in [0.717, 1.165) is 5.56 Å². The summed E-state index contributed by atoms with van der Waals surface area (Å²) in [5.74, 6) is 0.540. The Balaban J connectivity index is 1.90. The van der Waals surface area contributed by atoms with Crippen LogP contribution in [-0.2, 0) is 10.3 Å². The molecule has 3 heterocycles. The van der Waals surface area contributed by atoms with Crippen LogP contribution < -0.4 is 5.32 Å². The van der Waals surface area contributed by atoms with Gasteiger partial charge in [-0.05, 0) is 18.6 Å². The smallest absolute Gasteiger partial charge is 0.253 e. The average Bonchev–Trinajstić information content (AvgIpc) is 2.95.